The molecule has 1 aliphatic rings. The summed E-state index contributed by atoms with van der Waals surface area (Å²) in [4.78, 5) is 13.8. The minimum absolute atomic E-state index is 0.0903. The van der Waals surface area contributed by atoms with Gasteiger partial charge in [0, 0.05) is 32.3 Å². The van der Waals surface area contributed by atoms with Crippen LogP contribution in [0.4, 0.5) is 11.4 Å². The van der Waals surface area contributed by atoms with Crippen LogP contribution in [-0.2, 0) is 4.74 Å². The summed E-state index contributed by atoms with van der Waals surface area (Å²) >= 11 is 0. The van der Waals surface area contributed by atoms with Gasteiger partial charge in [-0.3, -0.25) is 4.79 Å². The Morgan fingerprint density at radius 2 is 2.35 bits per heavy atom. The molecule has 110 valence electrons. The average molecular weight is 277 g/mol. The van der Waals surface area contributed by atoms with Crippen molar-refractivity contribution in [2.75, 3.05) is 37.4 Å². The second-order valence-electron chi connectivity index (χ2n) is 5.15. The van der Waals surface area contributed by atoms with Gasteiger partial charge in [-0.05, 0) is 38.0 Å². The van der Waals surface area contributed by atoms with Gasteiger partial charge < -0.3 is 20.7 Å². The van der Waals surface area contributed by atoms with Crippen LogP contribution in [0.25, 0.3) is 0 Å². The largest absolute Gasteiger partial charge is 0.397 e. The highest BCUT2D eigenvalue weighted by Crippen LogP contribution is 2.25. The number of nitrogens with one attached hydrogen (secondary N) is 1. The molecule has 0 saturated carbocycles. The van der Waals surface area contributed by atoms with Gasteiger partial charge in [-0.2, -0.15) is 0 Å². The molecular formula is C15H23N3O2. The van der Waals surface area contributed by atoms with Gasteiger partial charge in [0.15, 0.2) is 0 Å². The number of carbonyl (C=O) groups excluding carboxylic acids is 1. The Labute approximate surface area is 120 Å². The van der Waals surface area contributed by atoms with Crippen molar-refractivity contribution in [2.45, 2.75) is 25.9 Å². The van der Waals surface area contributed by atoms with E-state index >= 15 is 0 Å². The quantitative estimate of drug-likeness (QED) is 0.803. The molecule has 0 radical (unpaired) electrons. The Morgan fingerprint density at radius 3 is 2.95 bits per heavy atom. The monoisotopic (exact) mass is 277 g/mol. The lowest BCUT2D eigenvalue weighted by molar-refractivity contribution is 0.0955. The van der Waals surface area contributed by atoms with Gasteiger partial charge in [-0.15, -0.1) is 0 Å². The maximum Gasteiger partial charge on any atom is 0.251 e. The van der Waals surface area contributed by atoms with Crippen molar-refractivity contribution in [3.63, 3.8) is 0 Å². The second-order valence-corrected chi connectivity index (χ2v) is 5.15. The molecule has 1 aromatic carbocycles. The Hall–Kier alpha value is -1.75. The Bertz CT molecular complexity index is 470. The molecule has 0 spiro atoms. The number of amides is 1. The molecule has 2 rings (SSSR count). The maximum absolute atomic E-state index is 11.8. The fourth-order valence-corrected chi connectivity index (χ4v) is 2.50. The van der Waals surface area contributed by atoms with Crippen LogP contribution < -0.4 is 16.0 Å². The number of nitrogens with zero attached hydrogens (tertiary/aromatic N) is 1. The molecule has 5 nitrogen and oxygen atoms in total. The number of rotatable bonds is 5. The van der Waals surface area contributed by atoms with Crippen LogP contribution in [0, 0.1) is 0 Å². The van der Waals surface area contributed by atoms with Crippen molar-refractivity contribution >= 4 is 17.3 Å². The molecule has 1 fully saturated rings. The summed E-state index contributed by atoms with van der Waals surface area (Å²) in [6, 6.07) is 5.43. The first-order valence-electron chi connectivity index (χ1n) is 7.12. The van der Waals surface area contributed by atoms with E-state index in [1.807, 2.05) is 26.1 Å². The molecule has 1 amide bonds. The number of likely N-dealkylation sites (N-methyl/N-ethyl adjacent to an activating group) is 1. The highest BCUT2D eigenvalue weighted by Gasteiger charge is 2.19. The lowest BCUT2D eigenvalue weighted by Crippen LogP contribution is -2.29. The summed E-state index contributed by atoms with van der Waals surface area (Å²) in [5.74, 6) is -0.0903. The summed E-state index contributed by atoms with van der Waals surface area (Å²) in [6.07, 6.45) is 2.51. The molecule has 1 unspecified atom stereocenters. The summed E-state index contributed by atoms with van der Waals surface area (Å²) < 4.78 is 5.63. The zero-order valence-electron chi connectivity index (χ0n) is 12.2. The minimum Gasteiger partial charge on any atom is -0.397 e. The molecular weight excluding hydrogens is 254 g/mol. The highest BCUT2D eigenvalue weighted by atomic mass is 16.5. The molecule has 3 N–H and O–H groups in total. The third kappa shape index (κ3) is 3.42. The predicted octanol–water partition coefficient (Wildman–Crippen LogP) is 1.63. The number of hydrogen-bond acceptors (Lipinski definition) is 4. The van der Waals surface area contributed by atoms with Gasteiger partial charge in [0.1, 0.15) is 0 Å². The van der Waals surface area contributed by atoms with Crippen LogP contribution in [0.2, 0.25) is 0 Å². The highest BCUT2D eigenvalue weighted by molar-refractivity contribution is 5.96. The first-order chi connectivity index (χ1) is 9.61. The van der Waals surface area contributed by atoms with E-state index in [9.17, 15) is 4.79 Å². The zero-order valence-corrected chi connectivity index (χ0v) is 12.2. The number of anilines is 2. The third-order valence-electron chi connectivity index (χ3n) is 3.54. The second kappa shape index (κ2) is 6.61. The van der Waals surface area contributed by atoms with E-state index in [1.54, 1.807) is 6.07 Å². The SMILES string of the molecule is CCNC(=O)c1ccc(N(C)CC2CCCO2)c(N)c1. The van der Waals surface area contributed by atoms with Gasteiger partial charge in [0.25, 0.3) is 5.91 Å². The molecule has 1 heterocycles. The number of ether oxygens (including phenoxy) is 1. The van der Waals surface area contributed by atoms with E-state index in [1.165, 1.54) is 0 Å². The lowest BCUT2D eigenvalue weighted by Gasteiger charge is -2.24. The number of benzene rings is 1. The molecule has 0 aromatic heterocycles. The van der Waals surface area contributed by atoms with E-state index in [-0.39, 0.29) is 12.0 Å². The smallest absolute Gasteiger partial charge is 0.251 e. The normalized spacial score (nSPS) is 18.0. The first-order valence-corrected chi connectivity index (χ1v) is 7.12. The standard InChI is InChI=1S/C15H23N3O2/c1-3-17-15(19)11-6-7-14(13(16)9-11)18(2)10-12-5-4-8-20-12/h6-7,9,12H,3-5,8,10,16H2,1-2H3,(H,17,19). The molecule has 0 aliphatic carbocycles. The predicted molar refractivity (Wildman–Crippen MR) is 81.1 cm³/mol. The van der Waals surface area contributed by atoms with Crippen molar-refractivity contribution in [2.24, 2.45) is 0 Å². The minimum atomic E-state index is -0.0903. The van der Waals surface area contributed by atoms with Crippen LogP contribution >= 0.6 is 0 Å². The number of hydrogen-bond donors (Lipinski definition) is 2. The van der Waals surface area contributed by atoms with Crippen LogP contribution in [0.15, 0.2) is 18.2 Å². The molecule has 1 aliphatic heterocycles. The van der Waals surface area contributed by atoms with Crippen molar-refractivity contribution in [3.8, 4) is 0 Å². The van der Waals surface area contributed by atoms with Crippen LogP contribution in [0.5, 0.6) is 0 Å². The molecule has 1 saturated heterocycles. The van der Waals surface area contributed by atoms with Crippen molar-refractivity contribution in [3.05, 3.63) is 23.8 Å². The third-order valence-corrected chi connectivity index (χ3v) is 3.54. The van der Waals surface area contributed by atoms with Gasteiger partial charge >= 0.3 is 0 Å². The summed E-state index contributed by atoms with van der Waals surface area (Å²) in [5.41, 5.74) is 8.22. The maximum atomic E-state index is 11.8. The zero-order chi connectivity index (χ0) is 14.5. The van der Waals surface area contributed by atoms with Crippen molar-refractivity contribution < 1.29 is 9.53 Å². The first kappa shape index (κ1) is 14.7. The van der Waals surface area contributed by atoms with Gasteiger partial charge in [-0.25, -0.2) is 0 Å². The van der Waals surface area contributed by atoms with E-state index in [4.69, 9.17) is 10.5 Å². The van der Waals surface area contributed by atoms with Crippen LogP contribution in [0.1, 0.15) is 30.1 Å². The van der Waals surface area contributed by atoms with Crippen LogP contribution in [-0.4, -0.2) is 38.8 Å². The topological polar surface area (TPSA) is 67.6 Å². The van der Waals surface area contributed by atoms with E-state index < -0.39 is 0 Å². The van der Waals surface area contributed by atoms with Gasteiger partial charge in [-0.1, -0.05) is 0 Å². The molecule has 5 heteroatoms. The van der Waals surface area contributed by atoms with Gasteiger partial charge in [0.05, 0.1) is 17.5 Å². The van der Waals surface area contributed by atoms with E-state index in [0.29, 0.717) is 17.8 Å². The van der Waals surface area contributed by atoms with Crippen molar-refractivity contribution in [1.29, 1.82) is 0 Å². The van der Waals surface area contributed by atoms with Crippen LogP contribution in [0.3, 0.4) is 0 Å². The van der Waals surface area contributed by atoms with E-state index in [2.05, 4.69) is 10.2 Å². The molecule has 0 bridgehead atoms. The lowest BCUT2D eigenvalue weighted by atomic mass is 10.1. The fraction of sp³-hybridized carbons (Fsp3) is 0.533. The Balaban J connectivity index is 2.06. The molecule has 1 atom stereocenters. The summed E-state index contributed by atoms with van der Waals surface area (Å²) in [7, 11) is 2.00. The average Bonchev–Trinajstić information content (AvgIpc) is 2.91. The number of nitrogens with two attached hydrogens (primary N) is 1. The fourth-order valence-electron chi connectivity index (χ4n) is 2.50. The van der Waals surface area contributed by atoms with Crippen molar-refractivity contribution in [1.82, 2.24) is 5.32 Å². The molecule has 20 heavy (non-hydrogen) atoms. The molecule has 1 aromatic rings. The Morgan fingerprint density at radius 1 is 1.55 bits per heavy atom. The number of carbonyl (C=O) groups is 1. The van der Waals surface area contributed by atoms with E-state index in [0.717, 1.165) is 31.7 Å². The van der Waals surface area contributed by atoms with Gasteiger partial charge in [0.2, 0.25) is 0 Å². The number of nitrogen functional groups attached to an aromatic ring is 1. The summed E-state index contributed by atoms with van der Waals surface area (Å²) in [5, 5.41) is 2.77. The summed E-state index contributed by atoms with van der Waals surface area (Å²) in [6.45, 7) is 4.18. The Kier molecular flexibility index (Phi) is 4.84.